The molecular weight excluding hydrogens is 871 g/mol. The predicted octanol–water partition coefficient (Wildman–Crippen LogP) is 9.02. The number of halogens is 2. The predicted molar refractivity (Wildman–Crippen MR) is 247 cm³/mol. The first-order valence-corrected chi connectivity index (χ1v) is 22.4. The molecule has 0 spiro atoms. The van der Waals surface area contributed by atoms with Gasteiger partial charge in [-0.25, -0.2) is 29.1 Å². The summed E-state index contributed by atoms with van der Waals surface area (Å²) >= 11 is 8.61. The van der Waals surface area contributed by atoms with Crippen molar-refractivity contribution < 1.29 is 38.0 Å². The summed E-state index contributed by atoms with van der Waals surface area (Å²) in [5.74, 6) is 0.927. The molecule has 0 aliphatic carbocycles. The number of ether oxygens (including phenoxy) is 5. The molecule has 4 bridgehead atoms. The lowest BCUT2D eigenvalue weighted by Gasteiger charge is -2.39. The summed E-state index contributed by atoms with van der Waals surface area (Å²) < 4.78 is 46.0. The monoisotopic (exact) mass is 916 g/mol. The zero-order chi connectivity index (χ0) is 45.2. The van der Waals surface area contributed by atoms with Gasteiger partial charge in [0.15, 0.2) is 5.82 Å². The maximum Gasteiger partial charge on any atom is 0.345 e. The average Bonchev–Trinajstić information content (AvgIpc) is 3.70. The van der Waals surface area contributed by atoms with E-state index in [0.717, 1.165) is 41.2 Å². The third kappa shape index (κ3) is 9.41. The van der Waals surface area contributed by atoms with E-state index < -0.39 is 18.2 Å². The summed E-state index contributed by atoms with van der Waals surface area (Å²) in [7, 11) is 3.72. The van der Waals surface area contributed by atoms with Crippen molar-refractivity contribution in [2.24, 2.45) is 0 Å². The first kappa shape index (κ1) is 43.8. The van der Waals surface area contributed by atoms with E-state index in [1.54, 1.807) is 49.7 Å². The number of nitrogens with zero attached hydrogens (tertiary/aromatic N) is 6. The third-order valence-corrected chi connectivity index (χ3v) is 13.4. The Morgan fingerprint density at radius 2 is 1.82 bits per heavy atom. The Balaban J connectivity index is 1.14. The number of hydrogen-bond donors (Lipinski definition) is 1. The Bertz CT molecular complexity index is 2870. The van der Waals surface area contributed by atoms with Crippen molar-refractivity contribution in [2.75, 3.05) is 46.9 Å². The smallest absolute Gasteiger partial charge is 0.345 e. The van der Waals surface area contributed by atoms with Gasteiger partial charge in [0, 0.05) is 60.8 Å². The Labute approximate surface area is 384 Å². The van der Waals surface area contributed by atoms with Crippen LogP contribution in [0.5, 0.6) is 28.9 Å². The Hall–Kier alpha value is -6.39. The van der Waals surface area contributed by atoms with E-state index in [4.69, 9.17) is 40.3 Å². The molecule has 3 aliphatic rings. The average molecular weight is 917 g/mol. The van der Waals surface area contributed by atoms with Crippen molar-refractivity contribution in [3.63, 3.8) is 0 Å². The number of carbonyl (C=O) groups is 1. The van der Waals surface area contributed by atoms with Crippen LogP contribution in [0.1, 0.15) is 23.7 Å². The first-order chi connectivity index (χ1) is 31.5. The van der Waals surface area contributed by atoms with Crippen molar-refractivity contribution in [3.8, 4) is 61.8 Å². The van der Waals surface area contributed by atoms with E-state index in [1.807, 2.05) is 43.3 Å². The standard InChI is InChI=1S/C49H46ClFN6O7S/c1-28-23-57(20-19-56(28)3)24-35-26-61-34-13-15-38(62-25-33-17-18-52-46(55-33)37-7-5-6-8-39(37)60-4)31(21-34)22-41(49(58)59)64-47-43-42(36-14-16-40(63-35)44(50)29(36)2)45(65-48(43)54-27-53-47)30-9-11-32(51)12-10-30/h5-18,21,27-28,35,41H,19-20,22-26H2,1-4H3,(H,58,59)/t28-,35-,41-/m1/s1. The van der Waals surface area contributed by atoms with Crippen LogP contribution in [0.25, 0.3) is 43.2 Å². The summed E-state index contributed by atoms with van der Waals surface area (Å²) in [4.78, 5) is 37.6. The third-order valence-electron chi connectivity index (χ3n) is 11.8. The minimum Gasteiger partial charge on any atom is -0.496 e. The van der Waals surface area contributed by atoms with Gasteiger partial charge in [-0.15, -0.1) is 11.3 Å². The van der Waals surface area contributed by atoms with E-state index >= 15 is 0 Å². The van der Waals surface area contributed by atoms with E-state index in [1.165, 1.54) is 29.8 Å². The summed E-state index contributed by atoms with van der Waals surface area (Å²) in [6.45, 7) is 7.50. The van der Waals surface area contributed by atoms with Gasteiger partial charge in [-0.1, -0.05) is 41.9 Å². The van der Waals surface area contributed by atoms with E-state index in [2.05, 4.69) is 38.7 Å². The topological polar surface area (TPSA) is 141 Å². The molecule has 3 aromatic heterocycles. The van der Waals surface area contributed by atoms with Gasteiger partial charge in [0.2, 0.25) is 12.0 Å². The van der Waals surface area contributed by atoms with E-state index in [0.29, 0.717) is 79.0 Å². The van der Waals surface area contributed by atoms with Crippen LogP contribution >= 0.6 is 22.9 Å². The fourth-order valence-electron chi connectivity index (χ4n) is 8.20. The van der Waals surface area contributed by atoms with Crippen LogP contribution < -0.4 is 23.7 Å². The number of methoxy groups -OCH3 is 1. The fourth-order valence-corrected chi connectivity index (χ4v) is 9.56. The number of benzene rings is 4. The number of aromatic nitrogens is 4. The number of likely N-dealkylation sites (N-methyl/N-ethyl adjacent to an activating group) is 1. The molecule has 13 nitrogen and oxygen atoms in total. The zero-order valence-corrected chi connectivity index (χ0v) is 37.7. The van der Waals surface area contributed by atoms with Crippen LogP contribution in [-0.4, -0.2) is 106 Å². The molecule has 65 heavy (non-hydrogen) atoms. The molecule has 334 valence electrons. The van der Waals surface area contributed by atoms with Crippen LogP contribution in [0.3, 0.4) is 0 Å². The Morgan fingerprint density at radius 3 is 2.62 bits per heavy atom. The quantitative estimate of drug-likeness (QED) is 0.147. The molecule has 1 N–H and O–H groups in total. The second kappa shape index (κ2) is 19.0. The Kier molecular flexibility index (Phi) is 12.8. The van der Waals surface area contributed by atoms with Gasteiger partial charge in [-0.3, -0.25) is 4.90 Å². The minimum atomic E-state index is -1.44. The highest BCUT2D eigenvalue weighted by atomic mass is 35.5. The second-order valence-corrected chi connectivity index (χ2v) is 17.5. The number of thiophene rings is 1. The molecule has 6 heterocycles. The fraction of sp³-hybridized carbons (Fsp3) is 0.286. The first-order valence-electron chi connectivity index (χ1n) is 21.2. The number of fused-ring (bicyclic) bond motifs is 7. The van der Waals surface area contributed by atoms with Gasteiger partial charge in [0.05, 0.1) is 28.8 Å². The maximum atomic E-state index is 14.3. The second-order valence-electron chi connectivity index (χ2n) is 16.1. The van der Waals surface area contributed by atoms with Crippen LogP contribution in [0.15, 0.2) is 97.5 Å². The molecule has 16 heteroatoms. The SMILES string of the molecule is COc1ccccc1-c1nccc(COc2ccc3cc2C[C@H](C(=O)O)Oc2ncnc4sc(-c5ccc(F)cc5)c(c24)-c2ccc(c(Cl)c2C)O[C@H](CN2CCN(C)[C@H](C)C2)CO3)n1. The van der Waals surface area contributed by atoms with E-state index in [9.17, 15) is 14.3 Å². The molecule has 4 aromatic carbocycles. The van der Waals surface area contributed by atoms with E-state index in [-0.39, 0.29) is 31.3 Å². The number of aliphatic carboxylic acids is 1. The molecule has 0 amide bonds. The maximum absolute atomic E-state index is 14.3. The normalized spacial score (nSPS) is 18.0. The highest BCUT2D eigenvalue weighted by Gasteiger charge is 2.30. The van der Waals surface area contributed by atoms with Crippen LogP contribution in [0.4, 0.5) is 4.39 Å². The highest BCUT2D eigenvalue weighted by molar-refractivity contribution is 7.22. The number of hydrogen-bond acceptors (Lipinski definition) is 13. The largest absolute Gasteiger partial charge is 0.496 e. The van der Waals surface area contributed by atoms with Gasteiger partial charge in [-0.2, -0.15) is 0 Å². The summed E-state index contributed by atoms with van der Waals surface area (Å²) in [5.41, 5.74) is 4.66. The Morgan fingerprint density at radius 1 is 0.985 bits per heavy atom. The number of carboxylic acid groups (broad SMARTS) is 1. The molecule has 0 unspecified atom stereocenters. The van der Waals surface area contributed by atoms with Crippen molar-refractivity contribution in [2.45, 2.75) is 45.1 Å². The molecule has 10 rings (SSSR count). The van der Waals surface area contributed by atoms with Gasteiger partial charge in [0.25, 0.3) is 0 Å². The highest BCUT2D eigenvalue weighted by Crippen LogP contribution is 2.50. The molecular formula is C49H46ClFN6O7S. The molecule has 0 saturated carbocycles. The summed E-state index contributed by atoms with van der Waals surface area (Å²) in [6.07, 6.45) is 0.970. The number of piperazine rings is 1. The van der Waals surface area contributed by atoms with Crippen molar-refractivity contribution in [1.29, 1.82) is 0 Å². The number of para-hydroxylation sites is 1. The van der Waals surface area contributed by atoms with Crippen molar-refractivity contribution >= 4 is 39.1 Å². The van der Waals surface area contributed by atoms with Gasteiger partial charge in [-0.05, 0) is 92.2 Å². The van der Waals surface area contributed by atoms with Gasteiger partial charge < -0.3 is 33.7 Å². The lowest BCUT2D eigenvalue weighted by atomic mass is 9.96. The molecule has 3 atom stereocenters. The molecule has 7 aromatic rings. The van der Waals surface area contributed by atoms with Crippen LogP contribution in [-0.2, 0) is 17.8 Å². The number of carboxylic acids is 1. The molecule has 3 aliphatic heterocycles. The van der Waals surface area contributed by atoms with Crippen LogP contribution in [0.2, 0.25) is 5.02 Å². The van der Waals surface area contributed by atoms with Gasteiger partial charge >= 0.3 is 5.97 Å². The molecule has 0 radical (unpaired) electrons. The molecule has 1 saturated heterocycles. The van der Waals surface area contributed by atoms with Gasteiger partial charge in [0.1, 0.15) is 59.3 Å². The number of rotatable bonds is 9. The minimum absolute atomic E-state index is 0.0458. The summed E-state index contributed by atoms with van der Waals surface area (Å²) in [5, 5.41) is 11.7. The van der Waals surface area contributed by atoms with Crippen molar-refractivity contribution in [3.05, 3.63) is 125 Å². The van der Waals surface area contributed by atoms with Crippen molar-refractivity contribution in [1.82, 2.24) is 29.7 Å². The zero-order valence-electron chi connectivity index (χ0n) is 36.2. The molecule has 1 fully saturated rings. The lowest BCUT2D eigenvalue weighted by Crippen LogP contribution is -2.53. The summed E-state index contributed by atoms with van der Waals surface area (Å²) in [6, 6.07) is 24.8. The van der Waals surface area contributed by atoms with Crippen LogP contribution in [0, 0.1) is 12.7 Å². The lowest BCUT2D eigenvalue weighted by molar-refractivity contribution is -0.145.